The number of anilines is 1. The molecule has 3 heterocycles. The van der Waals surface area contributed by atoms with Crippen molar-refractivity contribution in [1.82, 2.24) is 29.9 Å². The van der Waals surface area contributed by atoms with Gasteiger partial charge in [0.05, 0.1) is 38.2 Å². The monoisotopic (exact) mass is 1060 g/mol. The fraction of sp³-hybridized carbons (Fsp3) is 0.478. The third-order valence-electron chi connectivity index (χ3n) is 13.6. The van der Waals surface area contributed by atoms with Gasteiger partial charge < -0.3 is 5.32 Å². The number of halogens is 11. The highest BCUT2D eigenvalue weighted by Gasteiger charge is 2.68. The zero-order valence-corrected chi connectivity index (χ0v) is 39.7. The molecule has 25 heteroatoms. The minimum absolute atomic E-state index is 0.0114. The average molecular weight is 1060 g/mol. The Morgan fingerprint density at radius 2 is 1.59 bits per heavy atom. The number of aromatic nitrogens is 5. The van der Waals surface area contributed by atoms with E-state index in [4.69, 9.17) is 16.6 Å². The number of nitrogens with one attached hydrogen (secondary N) is 2. The molecule has 2 N–H and O–H groups in total. The topological polar surface area (TPSA) is 158 Å². The van der Waals surface area contributed by atoms with Gasteiger partial charge in [-0.25, -0.2) is 30.6 Å². The van der Waals surface area contributed by atoms with Gasteiger partial charge in [0.25, 0.3) is 5.92 Å². The number of fused-ring (bicyclic) bond motifs is 5. The summed E-state index contributed by atoms with van der Waals surface area (Å²) >= 11 is 6.69. The van der Waals surface area contributed by atoms with Gasteiger partial charge in [0.15, 0.2) is 21.3 Å². The van der Waals surface area contributed by atoms with E-state index in [0.29, 0.717) is 41.1 Å². The van der Waals surface area contributed by atoms with Gasteiger partial charge in [0.1, 0.15) is 40.9 Å². The first kappa shape index (κ1) is 49.2. The van der Waals surface area contributed by atoms with Gasteiger partial charge in [-0.15, -0.1) is 0 Å². The minimum Gasteiger partial charge on any atom is -0.346 e. The first-order chi connectivity index (χ1) is 33.1. The molecule has 378 valence electrons. The number of amides is 1. The predicted octanol–water partition coefficient (Wildman–Crippen LogP) is 9.22. The molecule has 12 nitrogen and oxygen atoms in total. The van der Waals surface area contributed by atoms with E-state index in [-0.39, 0.29) is 80.8 Å². The molecule has 10 rings (SSSR count). The molecule has 1 amide bonds. The molecule has 2 aromatic carbocycles. The summed E-state index contributed by atoms with van der Waals surface area (Å²) in [6, 6.07) is 3.21. The van der Waals surface area contributed by atoms with E-state index >= 15 is 8.78 Å². The van der Waals surface area contributed by atoms with Crippen molar-refractivity contribution in [3.05, 3.63) is 92.0 Å². The quantitative estimate of drug-likeness (QED) is 0.0873. The molecule has 0 spiro atoms. The van der Waals surface area contributed by atoms with Crippen LogP contribution in [0.1, 0.15) is 109 Å². The number of alkyl halides is 8. The van der Waals surface area contributed by atoms with Crippen molar-refractivity contribution in [2.45, 2.75) is 130 Å². The number of sulfonamides is 1. The molecule has 3 fully saturated rings. The molecule has 0 saturated heterocycles. The highest BCUT2D eigenvalue weighted by molar-refractivity contribution is 7.94. The highest BCUT2D eigenvalue weighted by Crippen LogP contribution is 2.68. The molecule has 3 atom stereocenters. The van der Waals surface area contributed by atoms with Crippen LogP contribution >= 0.6 is 11.6 Å². The molecule has 0 radical (unpaired) electrons. The molecular weight excluding hydrogens is 1020 g/mol. The summed E-state index contributed by atoms with van der Waals surface area (Å²) in [6.07, 6.45) is -8.88. The summed E-state index contributed by atoms with van der Waals surface area (Å²) in [5.74, 6) is -4.67. The number of pyridine rings is 1. The second-order valence-corrected chi connectivity index (χ2v) is 24.4. The van der Waals surface area contributed by atoms with Gasteiger partial charge in [-0.05, 0) is 118 Å². The summed E-state index contributed by atoms with van der Waals surface area (Å²) in [5, 5.41) is 8.08. The van der Waals surface area contributed by atoms with Crippen molar-refractivity contribution < 1.29 is 65.5 Å². The predicted molar refractivity (Wildman–Crippen MR) is 237 cm³/mol. The number of nitrogens with zero attached hydrogens (tertiary/aromatic N) is 5. The molecule has 71 heavy (non-hydrogen) atoms. The fourth-order valence-electron chi connectivity index (χ4n) is 10.00. The molecule has 0 unspecified atom stereocenters. The first-order valence-corrected chi connectivity index (χ1v) is 25.9. The molecule has 0 aliphatic heterocycles. The standard InChI is InChI=1S/C46H40ClF10N7O5S2/c1-43(2,70(66,67)24-6-7-24)13-12-32-26-4-3-5-27(26)35(28-10-11-31(47)37-39(28)64(20-44(50,51)52)61-42(37)62-71(68,69)25-8-9-25)38(59-32)33(16-21-14-22(48)17-23(49)15-21)58-34(65)19-63-41-36(40(60-63)46(55,56)57)29-18-30(29)45(41,53)54/h10-11,14-15,17,24-25,29-30,33H,3-9,16,18-20H2,1-2H3,(H,58,65)(H,61,62)/t29-,30+,33-/m0/s1. The Balaban J connectivity index is 1.20. The molecule has 3 aromatic heterocycles. The Morgan fingerprint density at radius 3 is 2.23 bits per heavy atom. The lowest BCUT2D eigenvalue weighted by Gasteiger charge is -2.25. The van der Waals surface area contributed by atoms with Crippen LogP contribution < -0.4 is 10.0 Å². The van der Waals surface area contributed by atoms with Crippen LogP contribution in [0.2, 0.25) is 5.02 Å². The Morgan fingerprint density at radius 1 is 0.930 bits per heavy atom. The molecule has 5 aromatic rings. The van der Waals surface area contributed by atoms with Gasteiger partial charge >= 0.3 is 12.4 Å². The van der Waals surface area contributed by atoms with Crippen LogP contribution in [0.3, 0.4) is 0 Å². The van der Waals surface area contributed by atoms with E-state index in [1.54, 1.807) is 0 Å². The molecule has 3 saturated carbocycles. The normalized spacial score (nSPS) is 20.0. The SMILES string of the molecule is CC(C)(C#Cc1nc([C@H](Cc2cc(F)cc(F)c2)NC(=O)Cn2nc(C(F)(F)F)c3c2C(F)(F)[C@@H]2C[C@H]32)c(-c2ccc(Cl)c3c(NS(=O)(=O)C4CC4)nn(CC(F)(F)F)c23)c2c1CCC2)S(=O)(=O)C1CC1. The van der Waals surface area contributed by atoms with Gasteiger partial charge in [0.2, 0.25) is 15.9 Å². The maximum Gasteiger partial charge on any atom is 0.435 e. The maximum atomic E-state index is 15.7. The second-order valence-electron chi connectivity index (χ2n) is 19.3. The number of carbonyl (C=O) groups excluding carboxylic acids is 1. The average Bonchev–Trinajstić information content (AvgIpc) is 4.18. The van der Waals surface area contributed by atoms with Crippen molar-refractivity contribution in [2.75, 3.05) is 4.72 Å². The zero-order valence-electron chi connectivity index (χ0n) is 37.3. The van der Waals surface area contributed by atoms with Crippen LogP contribution in [0.5, 0.6) is 0 Å². The van der Waals surface area contributed by atoms with Crippen LogP contribution in [0.4, 0.5) is 49.7 Å². The lowest BCUT2D eigenvalue weighted by Crippen LogP contribution is -2.35. The van der Waals surface area contributed by atoms with E-state index in [1.165, 1.54) is 26.0 Å². The zero-order chi connectivity index (χ0) is 51.1. The van der Waals surface area contributed by atoms with E-state index < -0.39 is 131 Å². The number of hydrogen-bond donors (Lipinski definition) is 2. The molecule has 5 aliphatic rings. The third kappa shape index (κ3) is 8.90. The van der Waals surface area contributed by atoms with E-state index in [1.807, 2.05) is 0 Å². The molecule has 5 aliphatic carbocycles. The van der Waals surface area contributed by atoms with Crippen LogP contribution in [-0.2, 0) is 69.1 Å². The van der Waals surface area contributed by atoms with Gasteiger partial charge in [-0.2, -0.15) is 45.3 Å². The van der Waals surface area contributed by atoms with Gasteiger partial charge in [-0.3, -0.25) is 18.9 Å². The van der Waals surface area contributed by atoms with Crippen LogP contribution in [0.15, 0.2) is 30.3 Å². The number of rotatable bonds is 13. The largest absolute Gasteiger partial charge is 0.435 e. The number of sulfone groups is 1. The Kier molecular flexibility index (Phi) is 11.5. The lowest BCUT2D eigenvalue weighted by atomic mass is 9.88. The molecular formula is C46H40ClF10N7O5S2. The van der Waals surface area contributed by atoms with Crippen molar-refractivity contribution in [1.29, 1.82) is 0 Å². The third-order valence-corrected chi connectivity index (χ3v) is 18.6. The minimum atomic E-state index is -5.18. The summed E-state index contributed by atoms with van der Waals surface area (Å²) in [6.45, 7) is -0.232. The van der Waals surface area contributed by atoms with Gasteiger partial charge in [-0.1, -0.05) is 23.6 Å². The smallest absolute Gasteiger partial charge is 0.346 e. The van der Waals surface area contributed by atoms with Crippen molar-refractivity contribution >= 4 is 54.1 Å². The number of hydrogen-bond acceptors (Lipinski definition) is 8. The van der Waals surface area contributed by atoms with Crippen LogP contribution in [0.25, 0.3) is 22.0 Å². The summed E-state index contributed by atoms with van der Waals surface area (Å²) in [4.78, 5) is 19.2. The maximum absolute atomic E-state index is 15.7. The van der Waals surface area contributed by atoms with Crippen LogP contribution in [0, 0.1) is 29.4 Å². The number of carbonyl (C=O) groups is 1. The lowest BCUT2D eigenvalue weighted by molar-refractivity contribution is -0.142. The fourth-order valence-corrected chi connectivity index (χ4v) is 13.4. The Labute approximate surface area is 403 Å². The van der Waals surface area contributed by atoms with Gasteiger partial charge in [0, 0.05) is 28.7 Å². The summed E-state index contributed by atoms with van der Waals surface area (Å²) in [5.41, 5.74) is -3.63. The van der Waals surface area contributed by atoms with Crippen molar-refractivity contribution in [2.24, 2.45) is 5.92 Å². The number of benzene rings is 2. The Bertz CT molecular complexity index is 3370. The van der Waals surface area contributed by atoms with E-state index in [2.05, 4.69) is 32.1 Å². The van der Waals surface area contributed by atoms with Crippen molar-refractivity contribution in [3.8, 4) is 23.0 Å². The summed E-state index contributed by atoms with van der Waals surface area (Å²) in [7, 11) is -8.01. The second kappa shape index (κ2) is 16.6. The highest BCUT2D eigenvalue weighted by atomic mass is 35.5. The van der Waals surface area contributed by atoms with E-state index in [0.717, 1.165) is 12.1 Å². The van der Waals surface area contributed by atoms with Crippen LogP contribution in [-0.4, -0.2) is 68.7 Å². The van der Waals surface area contributed by atoms with Crippen molar-refractivity contribution in [3.63, 3.8) is 0 Å². The summed E-state index contributed by atoms with van der Waals surface area (Å²) < 4.78 is 203. The molecule has 0 bridgehead atoms. The Hall–Kier alpha value is -5.41. The first-order valence-electron chi connectivity index (χ1n) is 22.5. The van der Waals surface area contributed by atoms with E-state index in [9.17, 15) is 56.8 Å².